The second kappa shape index (κ2) is 10.3. The minimum absolute atomic E-state index is 0.117. The van der Waals surface area contributed by atoms with E-state index >= 15 is 0 Å². The van der Waals surface area contributed by atoms with Crippen LogP contribution in [0, 0.1) is 0 Å². The summed E-state index contributed by atoms with van der Waals surface area (Å²) in [5, 5.41) is 25.6. The first-order valence-corrected chi connectivity index (χ1v) is 13.4. The van der Waals surface area contributed by atoms with Crippen LogP contribution in [0.15, 0.2) is 49.8 Å². The van der Waals surface area contributed by atoms with E-state index in [1.54, 1.807) is 18.3 Å². The predicted octanol–water partition coefficient (Wildman–Crippen LogP) is 0.985. The lowest BCUT2D eigenvalue weighted by atomic mass is 10.0. The van der Waals surface area contributed by atoms with E-state index in [4.69, 9.17) is 15.0 Å². The van der Waals surface area contributed by atoms with Gasteiger partial charge in [0, 0.05) is 23.1 Å². The average Bonchev–Trinajstić information content (AvgIpc) is 3.65. The van der Waals surface area contributed by atoms with Gasteiger partial charge in [-0.2, -0.15) is 0 Å². The summed E-state index contributed by atoms with van der Waals surface area (Å²) in [6, 6.07) is 2.64. The van der Waals surface area contributed by atoms with Gasteiger partial charge in [0.25, 0.3) is 22.9 Å². The largest absolute Gasteiger partial charge is 0.477 e. The van der Waals surface area contributed by atoms with Crippen LogP contribution in [0.5, 0.6) is 0 Å². The number of oxime groups is 1. The van der Waals surface area contributed by atoms with Gasteiger partial charge in [0.15, 0.2) is 10.8 Å². The van der Waals surface area contributed by atoms with Crippen molar-refractivity contribution < 1.29 is 28.7 Å². The highest BCUT2D eigenvalue weighted by atomic mass is 32.2. The topological polar surface area (TPSA) is 202 Å². The van der Waals surface area contributed by atoms with Crippen molar-refractivity contribution in [3.63, 3.8) is 0 Å². The molecule has 3 aromatic heterocycles. The van der Waals surface area contributed by atoms with Crippen LogP contribution in [0.25, 0.3) is 11.6 Å². The van der Waals surface area contributed by atoms with E-state index in [0.717, 1.165) is 11.3 Å². The van der Waals surface area contributed by atoms with Crippen molar-refractivity contribution in [3.8, 4) is 11.6 Å². The number of aromatic amines is 1. The molecule has 2 amide bonds. The number of hydrogen-bond donors (Lipinski definition) is 4. The third-order valence-electron chi connectivity index (χ3n) is 5.30. The molecule has 5 heterocycles. The number of aliphatic carboxylic acids is 1. The molecule has 0 bridgehead atoms. The molecule has 2 aliphatic heterocycles. The molecule has 0 radical (unpaired) electrons. The smallest absolute Gasteiger partial charge is 0.352 e. The van der Waals surface area contributed by atoms with Crippen LogP contribution in [0.4, 0.5) is 5.13 Å². The van der Waals surface area contributed by atoms with Gasteiger partial charge in [0.2, 0.25) is 0 Å². The normalized spacial score (nSPS) is 19.4. The maximum Gasteiger partial charge on any atom is 0.352 e. The highest BCUT2D eigenvalue weighted by Gasteiger charge is 2.54. The Bertz CT molecular complexity index is 1410. The summed E-state index contributed by atoms with van der Waals surface area (Å²) < 4.78 is 5.61. The maximum atomic E-state index is 13.0. The third kappa shape index (κ3) is 4.79. The molecule has 2 atom stereocenters. The van der Waals surface area contributed by atoms with Crippen LogP contribution >= 0.6 is 34.9 Å². The van der Waals surface area contributed by atoms with Crippen molar-refractivity contribution in [2.24, 2.45) is 5.16 Å². The van der Waals surface area contributed by atoms with Crippen LogP contribution in [-0.2, 0) is 19.2 Å². The second-order valence-electron chi connectivity index (χ2n) is 7.56. The summed E-state index contributed by atoms with van der Waals surface area (Å²) in [5.41, 5.74) is 6.77. The number of fused-ring (bicyclic) bond motifs is 1. The molecular weight excluding hydrogens is 544 g/mol. The summed E-state index contributed by atoms with van der Waals surface area (Å²) in [4.78, 5) is 50.9. The molecule has 37 heavy (non-hydrogen) atoms. The van der Waals surface area contributed by atoms with Gasteiger partial charge in [0.05, 0.1) is 0 Å². The number of rotatable bonds is 9. The van der Waals surface area contributed by atoms with Crippen LogP contribution in [0.2, 0.25) is 0 Å². The Morgan fingerprint density at radius 1 is 1.46 bits per heavy atom. The van der Waals surface area contributed by atoms with Gasteiger partial charge >= 0.3 is 5.97 Å². The number of nitrogens with zero attached hydrogens (tertiary/aromatic N) is 5. The fourth-order valence-corrected chi connectivity index (χ4v) is 6.48. The van der Waals surface area contributed by atoms with Crippen molar-refractivity contribution in [2.75, 3.05) is 24.3 Å². The lowest BCUT2D eigenvalue weighted by Crippen LogP contribution is -2.71. The zero-order chi connectivity index (χ0) is 26.1. The molecule has 5 N–H and O–H groups in total. The van der Waals surface area contributed by atoms with Gasteiger partial charge in [-0.15, -0.1) is 33.3 Å². The standard InChI is InChI=1S/C20H18N8O6S3/c1-33-27-11(10-7-36-19(21)23-10)14(29)24-12-16(30)28-13(18(31)32)8(5-35-17(12)28)6-37-20-26-25-15(34-20)9-3-2-4-22-9/h2-4,7,12,17,22H,5-6H2,1H3,(H2,21,23)(H,24,29)(H,31,32)/t12-,17+/m1/s1. The number of H-pyrrole nitrogens is 1. The van der Waals surface area contributed by atoms with Crippen molar-refractivity contribution in [2.45, 2.75) is 16.6 Å². The summed E-state index contributed by atoms with van der Waals surface area (Å²) in [5.74, 6) is -1.62. The molecule has 1 fully saturated rings. The van der Waals surface area contributed by atoms with Crippen LogP contribution in [0.3, 0.4) is 0 Å². The number of carbonyl (C=O) groups is 3. The Labute approximate surface area is 220 Å². The minimum atomic E-state index is -1.24. The Hall–Kier alpha value is -3.83. The van der Waals surface area contributed by atoms with Crippen LogP contribution in [-0.4, -0.2) is 83.7 Å². The van der Waals surface area contributed by atoms with Crippen molar-refractivity contribution >= 4 is 63.5 Å². The molecule has 1 saturated heterocycles. The first-order valence-electron chi connectivity index (χ1n) is 10.5. The lowest BCUT2D eigenvalue weighted by molar-refractivity contribution is -0.150. The van der Waals surface area contributed by atoms with Gasteiger partial charge < -0.3 is 30.4 Å². The zero-order valence-corrected chi connectivity index (χ0v) is 21.4. The number of anilines is 1. The number of nitrogens with two attached hydrogens (primary N) is 1. The zero-order valence-electron chi connectivity index (χ0n) is 18.9. The fourth-order valence-electron chi connectivity index (χ4n) is 3.69. The first-order chi connectivity index (χ1) is 17.9. The maximum absolute atomic E-state index is 13.0. The molecule has 14 nitrogen and oxygen atoms in total. The number of carbonyl (C=O) groups excluding carboxylic acids is 2. The van der Waals surface area contributed by atoms with Gasteiger partial charge in [-0.25, -0.2) is 9.78 Å². The predicted molar refractivity (Wildman–Crippen MR) is 135 cm³/mol. The van der Waals surface area contributed by atoms with E-state index in [2.05, 4.69) is 30.6 Å². The van der Waals surface area contributed by atoms with E-state index in [1.807, 2.05) is 0 Å². The summed E-state index contributed by atoms with van der Waals surface area (Å²) in [7, 11) is 1.27. The number of β-lactam (4-membered cyclic amide) rings is 1. The number of nitrogen functional groups attached to an aromatic ring is 1. The van der Waals surface area contributed by atoms with E-state index < -0.39 is 29.2 Å². The van der Waals surface area contributed by atoms with Crippen LogP contribution < -0.4 is 11.1 Å². The minimum Gasteiger partial charge on any atom is -0.477 e. The van der Waals surface area contributed by atoms with E-state index in [0.29, 0.717) is 22.9 Å². The second-order valence-corrected chi connectivity index (χ2v) is 10.5. The van der Waals surface area contributed by atoms with Crippen molar-refractivity contribution in [1.29, 1.82) is 0 Å². The van der Waals surface area contributed by atoms with Gasteiger partial charge in [-0.05, 0) is 17.7 Å². The average molecular weight is 563 g/mol. The summed E-state index contributed by atoms with van der Waals surface area (Å²) in [6.07, 6.45) is 1.73. The number of carboxylic acids is 1. The lowest BCUT2D eigenvalue weighted by Gasteiger charge is -2.49. The number of hydrogen-bond acceptors (Lipinski definition) is 13. The Morgan fingerprint density at radius 2 is 2.30 bits per heavy atom. The number of thioether (sulfide) groups is 2. The molecule has 5 rings (SSSR count). The van der Waals surface area contributed by atoms with Gasteiger partial charge in [-0.3, -0.25) is 14.5 Å². The van der Waals surface area contributed by atoms with E-state index in [9.17, 15) is 19.5 Å². The molecule has 17 heteroatoms. The van der Waals surface area contributed by atoms with Gasteiger partial charge in [-0.1, -0.05) is 16.9 Å². The van der Waals surface area contributed by atoms with Crippen LogP contribution in [0.1, 0.15) is 5.69 Å². The highest BCUT2D eigenvalue weighted by molar-refractivity contribution is 8.01. The van der Waals surface area contributed by atoms with Gasteiger partial charge in [0.1, 0.15) is 35.6 Å². The van der Waals surface area contributed by atoms with Crippen molar-refractivity contribution in [1.82, 2.24) is 30.4 Å². The highest BCUT2D eigenvalue weighted by Crippen LogP contribution is 2.41. The van der Waals surface area contributed by atoms with E-state index in [-0.39, 0.29) is 33.2 Å². The summed E-state index contributed by atoms with van der Waals surface area (Å²) >= 11 is 3.63. The fraction of sp³-hybridized carbons (Fsp3) is 0.250. The molecule has 0 spiro atoms. The molecule has 192 valence electrons. The molecule has 0 saturated carbocycles. The Morgan fingerprint density at radius 3 is 2.97 bits per heavy atom. The molecule has 3 aromatic rings. The number of nitrogens with one attached hydrogen (secondary N) is 2. The molecule has 0 aromatic carbocycles. The SMILES string of the molecule is CON=C(C(=O)N[C@@H]1C(=O)N2C(C(=O)O)=C(CSc3nnc(-c4ccc[nH]4)o3)CS[C@@H]12)c1csc(N)n1. The molecule has 0 aliphatic carbocycles. The Kier molecular flexibility index (Phi) is 6.90. The molecule has 0 unspecified atom stereocenters. The third-order valence-corrected chi connectivity index (χ3v) is 8.22. The number of aromatic nitrogens is 4. The number of amides is 2. The molecule has 2 aliphatic rings. The quantitative estimate of drug-likeness (QED) is 0.125. The van der Waals surface area contributed by atoms with Crippen molar-refractivity contribution in [3.05, 3.63) is 40.7 Å². The van der Waals surface area contributed by atoms with E-state index in [1.165, 1.54) is 40.9 Å². The number of carboxylic acid groups (broad SMARTS) is 1. The molecular formula is C20H18N8O6S3. The first kappa shape index (κ1) is 24.8. The Balaban J connectivity index is 1.28. The summed E-state index contributed by atoms with van der Waals surface area (Å²) in [6.45, 7) is 0. The monoisotopic (exact) mass is 562 g/mol. The number of thiazole rings is 1.